The molecular weight excluding hydrogens is 595 g/mol. The van der Waals surface area contributed by atoms with Crippen molar-refractivity contribution in [2.24, 2.45) is 5.92 Å². The first kappa shape index (κ1) is 33.4. The molecule has 0 saturated carbocycles. The van der Waals surface area contributed by atoms with Gasteiger partial charge in [0.05, 0.1) is 0 Å². The highest BCUT2D eigenvalue weighted by molar-refractivity contribution is 5.74. The van der Waals surface area contributed by atoms with Crippen molar-refractivity contribution in [3.05, 3.63) is 95.6 Å². The van der Waals surface area contributed by atoms with Gasteiger partial charge in [0, 0.05) is 12.0 Å². The van der Waals surface area contributed by atoms with Crippen molar-refractivity contribution in [3.63, 3.8) is 0 Å². The van der Waals surface area contributed by atoms with Crippen LogP contribution in [0.3, 0.4) is 0 Å². The summed E-state index contributed by atoms with van der Waals surface area (Å²) in [6, 6.07) is 13.9. The number of ether oxygens (including phenoxy) is 2. The molecule has 0 fully saturated rings. The van der Waals surface area contributed by atoms with Gasteiger partial charge >= 0.3 is 24.9 Å². The molecule has 3 aromatic rings. The molecule has 43 heavy (non-hydrogen) atoms. The summed E-state index contributed by atoms with van der Waals surface area (Å²) in [5.74, 6) is -2.37. The van der Waals surface area contributed by atoms with Crippen LogP contribution in [0.25, 0.3) is 0 Å². The number of benzene rings is 3. The van der Waals surface area contributed by atoms with E-state index in [2.05, 4.69) is 14.8 Å². The quantitative estimate of drug-likeness (QED) is 0.226. The van der Waals surface area contributed by atoms with E-state index in [4.69, 9.17) is 0 Å². The second kappa shape index (κ2) is 13.0. The summed E-state index contributed by atoms with van der Waals surface area (Å²) in [6.07, 6.45) is -15.1. The minimum absolute atomic E-state index is 0.0544. The normalized spacial score (nSPS) is 13.4. The summed E-state index contributed by atoms with van der Waals surface area (Å²) in [5.41, 5.74) is -0.984. The van der Waals surface area contributed by atoms with Crippen LogP contribution in [0, 0.1) is 5.92 Å². The Morgan fingerprint density at radius 2 is 1.21 bits per heavy atom. The smallest absolute Gasteiger partial charge is 0.406 e. The van der Waals surface area contributed by atoms with Gasteiger partial charge in [-0.3, -0.25) is 0 Å². The van der Waals surface area contributed by atoms with Gasteiger partial charge in [-0.25, -0.2) is 4.79 Å². The van der Waals surface area contributed by atoms with Crippen molar-refractivity contribution in [2.45, 2.75) is 50.6 Å². The average molecular weight is 623 g/mol. The van der Waals surface area contributed by atoms with Crippen LogP contribution in [-0.2, 0) is 11.8 Å². The Morgan fingerprint density at radius 3 is 1.63 bits per heavy atom. The highest BCUT2D eigenvalue weighted by atomic mass is 19.4. The second-order valence-electron chi connectivity index (χ2n) is 9.99. The fourth-order valence-corrected chi connectivity index (χ4v) is 4.61. The van der Waals surface area contributed by atoms with E-state index in [1.807, 2.05) is 5.32 Å². The number of halogens is 9. The average Bonchev–Trinajstić information content (AvgIpc) is 2.88. The molecule has 0 heterocycles. The predicted octanol–water partition coefficient (Wildman–Crippen LogP) is 7.90. The number of amides is 2. The molecule has 0 aliphatic rings. The fourth-order valence-electron chi connectivity index (χ4n) is 4.61. The van der Waals surface area contributed by atoms with Crippen molar-refractivity contribution >= 4 is 6.03 Å². The molecule has 0 aliphatic heterocycles. The molecule has 0 aliphatic carbocycles. The van der Waals surface area contributed by atoms with Crippen LogP contribution in [0.5, 0.6) is 11.5 Å². The number of rotatable bonds is 10. The largest absolute Gasteiger partial charge is 0.573 e. The molecule has 0 saturated heterocycles. The maximum atomic E-state index is 13.5. The third kappa shape index (κ3) is 9.72. The van der Waals surface area contributed by atoms with Crippen LogP contribution in [0.15, 0.2) is 78.9 Å². The Hall–Kier alpha value is -4.10. The predicted molar refractivity (Wildman–Crippen MR) is 138 cm³/mol. The summed E-state index contributed by atoms with van der Waals surface area (Å²) in [5, 5.41) is 4.22. The molecular formula is C29H27F9N2O3. The zero-order chi connectivity index (χ0) is 32.1. The molecule has 1 unspecified atom stereocenters. The van der Waals surface area contributed by atoms with Gasteiger partial charge in [-0.1, -0.05) is 68.4 Å². The molecule has 1 atom stereocenters. The number of hydrogen-bond acceptors (Lipinski definition) is 3. The molecule has 14 heteroatoms. The number of nitrogens with one attached hydrogen (secondary N) is 2. The molecule has 0 aromatic heterocycles. The maximum absolute atomic E-state index is 13.5. The van der Waals surface area contributed by atoms with Gasteiger partial charge in [0.15, 0.2) is 0 Å². The molecule has 3 rings (SSSR count). The van der Waals surface area contributed by atoms with Crippen LogP contribution in [-0.4, -0.2) is 37.5 Å². The molecule has 3 aromatic carbocycles. The Bertz CT molecular complexity index is 1300. The van der Waals surface area contributed by atoms with E-state index in [-0.39, 0.29) is 17.5 Å². The van der Waals surface area contributed by atoms with Crippen molar-refractivity contribution in [2.75, 3.05) is 6.54 Å². The highest BCUT2D eigenvalue weighted by Gasteiger charge is 2.43. The molecule has 5 nitrogen and oxygen atoms in total. The van der Waals surface area contributed by atoms with E-state index in [0.29, 0.717) is 5.56 Å². The van der Waals surface area contributed by atoms with Crippen molar-refractivity contribution < 1.29 is 53.8 Å². The monoisotopic (exact) mass is 622 g/mol. The van der Waals surface area contributed by atoms with E-state index in [0.717, 1.165) is 24.3 Å². The van der Waals surface area contributed by atoms with E-state index >= 15 is 0 Å². The van der Waals surface area contributed by atoms with Gasteiger partial charge in [-0.05, 0) is 53.3 Å². The topological polar surface area (TPSA) is 59.6 Å². The van der Waals surface area contributed by atoms with E-state index < -0.39 is 60.4 Å². The Kier molecular flexibility index (Phi) is 10.1. The Labute approximate surface area is 241 Å². The van der Waals surface area contributed by atoms with E-state index in [1.54, 1.807) is 30.3 Å². The molecule has 0 spiro atoms. The van der Waals surface area contributed by atoms with Gasteiger partial charge < -0.3 is 20.1 Å². The molecule has 234 valence electrons. The zero-order valence-electron chi connectivity index (χ0n) is 22.7. The minimum Gasteiger partial charge on any atom is -0.406 e. The number of urea groups is 1. The first-order chi connectivity index (χ1) is 19.9. The van der Waals surface area contributed by atoms with Crippen LogP contribution in [0.1, 0.15) is 30.5 Å². The molecule has 2 N–H and O–H groups in total. The SMILES string of the molecule is CC(C)C(NC(=O)NCC(Cc1ccccc1)(c1cccc(OC(F)(F)F)c1)c1cccc(OC(F)(F)F)c1)C(F)(F)F. The standard InChI is InChI=1S/C29H27F9N2O3/c1-18(2)24(27(30,31)32)40-25(41)39-17-26(16-19-8-4-3-5-9-19,20-10-6-12-22(14-20)42-28(33,34)35)21-11-7-13-23(15-21)43-29(36,37)38/h3-15,18,24H,16-17H2,1-2H3,(H2,39,40,41). The number of carbonyl (C=O) groups is 1. The lowest BCUT2D eigenvalue weighted by Gasteiger charge is -2.36. The van der Waals surface area contributed by atoms with Crippen LogP contribution in [0.2, 0.25) is 0 Å². The van der Waals surface area contributed by atoms with Gasteiger partial charge in [0.2, 0.25) is 0 Å². The lowest BCUT2D eigenvalue weighted by atomic mass is 9.70. The fraction of sp³-hybridized carbons (Fsp3) is 0.345. The summed E-state index contributed by atoms with van der Waals surface area (Å²) >= 11 is 0. The van der Waals surface area contributed by atoms with Gasteiger partial charge in [-0.15, -0.1) is 26.3 Å². The van der Waals surface area contributed by atoms with Crippen LogP contribution >= 0.6 is 0 Å². The lowest BCUT2D eigenvalue weighted by Crippen LogP contribution is -2.54. The summed E-state index contributed by atoms with van der Waals surface area (Å²) in [4.78, 5) is 12.8. The molecule has 2 amide bonds. The van der Waals surface area contributed by atoms with Crippen molar-refractivity contribution in [1.29, 1.82) is 0 Å². The molecule has 0 bridgehead atoms. The number of carbonyl (C=O) groups excluding carboxylic acids is 1. The van der Waals surface area contributed by atoms with Gasteiger partial charge in [-0.2, -0.15) is 13.2 Å². The van der Waals surface area contributed by atoms with Crippen LogP contribution < -0.4 is 20.1 Å². The summed E-state index contributed by atoms with van der Waals surface area (Å²) < 4.78 is 127. The van der Waals surface area contributed by atoms with Gasteiger partial charge in [0.1, 0.15) is 17.5 Å². The maximum Gasteiger partial charge on any atom is 0.573 e. The van der Waals surface area contributed by atoms with Crippen molar-refractivity contribution in [1.82, 2.24) is 10.6 Å². The second-order valence-corrected chi connectivity index (χ2v) is 9.99. The van der Waals surface area contributed by atoms with E-state index in [9.17, 15) is 44.3 Å². The Balaban J connectivity index is 2.18. The van der Waals surface area contributed by atoms with Crippen molar-refractivity contribution in [3.8, 4) is 11.5 Å². The van der Waals surface area contributed by atoms with E-state index in [1.165, 1.54) is 38.1 Å². The zero-order valence-corrected chi connectivity index (χ0v) is 22.7. The highest BCUT2D eigenvalue weighted by Crippen LogP contribution is 2.40. The minimum atomic E-state index is -5.08. The summed E-state index contributed by atoms with van der Waals surface area (Å²) in [7, 11) is 0. The molecule has 0 radical (unpaired) electrons. The summed E-state index contributed by atoms with van der Waals surface area (Å²) in [6.45, 7) is 1.94. The lowest BCUT2D eigenvalue weighted by molar-refractivity contribution is -0.275. The first-order valence-electron chi connectivity index (χ1n) is 12.8. The third-order valence-corrected chi connectivity index (χ3v) is 6.45. The van der Waals surface area contributed by atoms with Gasteiger partial charge in [0.25, 0.3) is 0 Å². The Morgan fingerprint density at radius 1 is 0.721 bits per heavy atom. The first-order valence-corrected chi connectivity index (χ1v) is 12.8. The van der Waals surface area contributed by atoms with Crippen LogP contribution in [0.4, 0.5) is 44.3 Å². The third-order valence-electron chi connectivity index (χ3n) is 6.45. The number of alkyl halides is 9. The number of hydrogen-bond donors (Lipinski definition) is 2.